The second-order valence-corrected chi connectivity index (χ2v) is 7.92. The second-order valence-electron chi connectivity index (χ2n) is 7.92. The van der Waals surface area contributed by atoms with Crippen LogP contribution >= 0.6 is 0 Å². The first-order valence-corrected chi connectivity index (χ1v) is 11.7. The molecule has 1 heteroatoms. The second kappa shape index (κ2) is 24.0. The lowest BCUT2D eigenvalue weighted by molar-refractivity contribution is 0.192. The topological polar surface area (TPSA) is 9.23 Å². The van der Waals surface area contributed by atoms with E-state index in [0.29, 0.717) is 0 Å². The largest absolute Gasteiger partial charge is 0.385 e. The van der Waals surface area contributed by atoms with Gasteiger partial charge in [0.25, 0.3) is 0 Å². The fourth-order valence-corrected chi connectivity index (χ4v) is 3.61. The van der Waals surface area contributed by atoms with Crippen LogP contribution in [0.25, 0.3) is 0 Å². The lowest BCUT2D eigenvalue weighted by atomic mass is 10.0. The maximum atomic E-state index is 5.08. The van der Waals surface area contributed by atoms with Crippen molar-refractivity contribution >= 4 is 0 Å². The highest BCUT2D eigenvalue weighted by Crippen LogP contribution is 2.14. The van der Waals surface area contributed by atoms with Crippen LogP contribution in [-0.4, -0.2) is 13.7 Å². The van der Waals surface area contributed by atoms with Crippen molar-refractivity contribution in [3.8, 4) is 0 Å². The minimum absolute atomic E-state index is 0.942. The molecule has 0 saturated carbocycles. The monoisotopic (exact) mass is 353 g/mol. The van der Waals surface area contributed by atoms with Crippen LogP contribution in [0, 0.1) is 6.92 Å². The number of rotatable bonds is 22. The van der Waals surface area contributed by atoms with Gasteiger partial charge < -0.3 is 4.74 Å². The highest BCUT2D eigenvalue weighted by molar-refractivity contribution is 4.51. The molecule has 0 unspecified atom stereocenters. The summed E-state index contributed by atoms with van der Waals surface area (Å²) < 4.78 is 5.08. The van der Waals surface area contributed by atoms with Gasteiger partial charge >= 0.3 is 0 Å². The Morgan fingerprint density at radius 2 is 0.640 bits per heavy atom. The molecule has 0 N–H and O–H groups in total. The number of methoxy groups -OCH3 is 1. The van der Waals surface area contributed by atoms with Crippen LogP contribution < -0.4 is 0 Å². The van der Waals surface area contributed by atoms with E-state index in [-0.39, 0.29) is 0 Å². The Morgan fingerprint density at radius 3 is 0.880 bits per heavy atom. The van der Waals surface area contributed by atoms with Crippen molar-refractivity contribution in [1.29, 1.82) is 0 Å². The van der Waals surface area contributed by atoms with Crippen LogP contribution in [0.3, 0.4) is 0 Å². The average molecular weight is 354 g/mol. The smallest absolute Gasteiger partial charge is 0.0462 e. The van der Waals surface area contributed by atoms with E-state index in [0.717, 1.165) is 13.0 Å². The van der Waals surface area contributed by atoms with Crippen molar-refractivity contribution in [3.63, 3.8) is 0 Å². The van der Waals surface area contributed by atoms with Crippen LogP contribution in [0.4, 0.5) is 0 Å². The first-order chi connectivity index (χ1) is 12.4. The van der Waals surface area contributed by atoms with E-state index in [2.05, 4.69) is 6.92 Å². The summed E-state index contributed by atoms with van der Waals surface area (Å²) in [5.74, 6) is 0. The predicted molar refractivity (Wildman–Crippen MR) is 114 cm³/mol. The first kappa shape index (κ1) is 25.0. The molecule has 0 fully saturated rings. The molecule has 0 aliphatic carbocycles. The SMILES string of the molecule is [CH2]CCCCCCCCCCCCCCCCCCCCCCOC. The molecule has 0 rings (SSSR count). The van der Waals surface area contributed by atoms with Crippen molar-refractivity contribution in [3.05, 3.63) is 6.92 Å². The molecule has 1 nitrogen and oxygen atoms in total. The molecule has 0 aromatic carbocycles. The highest BCUT2D eigenvalue weighted by Gasteiger charge is 1.95. The quantitative estimate of drug-likeness (QED) is 0.177. The average Bonchev–Trinajstić information content (AvgIpc) is 2.63. The zero-order valence-electron chi connectivity index (χ0n) is 17.7. The molecule has 0 saturated heterocycles. The van der Waals surface area contributed by atoms with E-state index < -0.39 is 0 Å². The number of hydrogen-bond acceptors (Lipinski definition) is 1. The fraction of sp³-hybridized carbons (Fsp3) is 0.958. The van der Waals surface area contributed by atoms with Crippen LogP contribution in [0.2, 0.25) is 0 Å². The summed E-state index contributed by atoms with van der Waals surface area (Å²) in [6.07, 6.45) is 29.8. The third-order valence-electron chi connectivity index (χ3n) is 5.35. The van der Waals surface area contributed by atoms with Gasteiger partial charge in [-0.15, -0.1) is 0 Å². The van der Waals surface area contributed by atoms with Crippen molar-refractivity contribution in [2.75, 3.05) is 13.7 Å². The molecular weight excluding hydrogens is 304 g/mol. The first-order valence-electron chi connectivity index (χ1n) is 11.7. The Hall–Kier alpha value is -0.0400. The van der Waals surface area contributed by atoms with Gasteiger partial charge in [-0.25, -0.2) is 0 Å². The molecule has 0 spiro atoms. The minimum Gasteiger partial charge on any atom is -0.385 e. The Morgan fingerprint density at radius 1 is 0.400 bits per heavy atom. The third kappa shape index (κ3) is 24.0. The van der Waals surface area contributed by atoms with Gasteiger partial charge in [0, 0.05) is 13.7 Å². The fourth-order valence-electron chi connectivity index (χ4n) is 3.61. The Labute approximate surface area is 160 Å². The molecule has 25 heavy (non-hydrogen) atoms. The van der Waals surface area contributed by atoms with Gasteiger partial charge in [-0.05, 0) is 6.42 Å². The summed E-state index contributed by atoms with van der Waals surface area (Å²) in [5, 5.41) is 0. The lowest BCUT2D eigenvalue weighted by Crippen LogP contribution is -1.88. The van der Waals surface area contributed by atoms with E-state index in [4.69, 9.17) is 4.74 Å². The molecule has 1 radical (unpaired) electrons. The molecule has 0 bridgehead atoms. The summed E-state index contributed by atoms with van der Waals surface area (Å²) in [4.78, 5) is 0. The van der Waals surface area contributed by atoms with Crippen molar-refractivity contribution in [2.24, 2.45) is 0 Å². The van der Waals surface area contributed by atoms with E-state index in [1.165, 1.54) is 128 Å². The van der Waals surface area contributed by atoms with Crippen LogP contribution in [0.15, 0.2) is 0 Å². The molecule has 151 valence electrons. The van der Waals surface area contributed by atoms with E-state index in [9.17, 15) is 0 Å². The zero-order chi connectivity index (χ0) is 18.3. The molecule has 0 heterocycles. The van der Waals surface area contributed by atoms with E-state index in [1.54, 1.807) is 7.11 Å². The standard InChI is InChI=1S/C24H49O/c1-3-4-5-6-7-8-9-10-11-12-13-14-15-16-17-18-19-20-21-22-23-24-25-2/h1,3-24H2,2H3. The third-order valence-corrected chi connectivity index (χ3v) is 5.35. The van der Waals surface area contributed by atoms with Crippen molar-refractivity contribution in [2.45, 2.75) is 135 Å². The molecule has 0 amide bonds. The van der Waals surface area contributed by atoms with Crippen LogP contribution in [-0.2, 0) is 4.74 Å². The van der Waals surface area contributed by atoms with Crippen molar-refractivity contribution in [1.82, 2.24) is 0 Å². The van der Waals surface area contributed by atoms with Gasteiger partial charge in [-0.1, -0.05) is 135 Å². The zero-order valence-corrected chi connectivity index (χ0v) is 17.7. The molecule has 0 aromatic rings. The summed E-state index contributed by atoms with van der Waals surface area (Å²) in [7, 11) is 1.80. The number of ether oxygens (including phenoxy) is 1. The van der Waals surface area contributed by atoms with Gasteiger partial charge in [0.15, 0.2) is 0 Å². The lowest BCUT2D eigenvalue weighted by Gasteiger charge is -2.04. The van der Waals surface area contributed by atoms with Gasteiger partial charge in [-0.2, -0.15) is 0 Å². The Kier molecular flexibility index (Phi) is 23.9. The predicted octanol–water partition coefficient (Wildman–Crippen LogP) is 8.66. The summed E-state index contributed by atoms with van der Waals surface area (Å²) in [6.45, 7) is 4.85. The number of unbranched alkanes of at least 4 members (excludes halogenated alkanes) is 20. The molecule has 0 atom stereocenters. The maximum absolute atomic E-state index is 5.08. The Balaban J connectivity index is 2.94. The molecule has 0 aliphatic rings. The van der Waals surface area contributed by atoms with Gasteiger partial charge in [-0.3, -0.25) is 0 Å². The molecular formula is C24H49O. The molecule has 0 aliphatic heterocycles. The molecule has 0 aromatic heterocycles. The summed E-state index contributed by atoms with van der Waals surface area (Å²) in [6, 6.07) is 0. The van der Waals surface area contributed by atoms with E-state index in [1.807, 2.05) is 0 Å². The summed E-state index contributed by atoms with van der Waals surface area (Å²) >= 11 is 0. The van der Waals surface area contributed by atoms with E-state index >= 15 is 0 Å². The maximum Gasteiger partial charge on any atom is 0.0462 e. The number of hydrogen-bond donors (Lipinski definition) is 0. The van der Waals surface area contributed by atoms with Crippen molar-refractivity contribution < 1.29 is 4.74 Å². The minimum atomic E-state index is 0.942. The highest BCUT2D eigenvalue weighted by atomic mass is 16.5. The summed E-state index contributed by atoms with van der Waals surface area (Å²) in [5.41, 5.74) is 0. The van der Waals surface area contributed by atoms with Crippen LogP contribution in [0.5, 0.6) is 0 Å². The van der Waals surface area contributed by atoms with Crippen LogP contribution in [0.1, 0.15) is 135 Å². The Bertz CT molecular complexity index is 192. The van der Waals surface area contributed by atoms with Gasteiger partial charge in [0.2, 0.25) is 0 Å². The van der Waals surface area contributed by atoms with Gasteiger partial charge in [0.1, 0.15) is 0 Å². The normalized spacial score (nSPS) is 11.3. The van der Waals surface area contributed by atoms with Gasteiger partial charge in [0.05, 0.1) is 0 Å².